The minimum absolute atomic E-state index is 0.127. The molecule has 0 aliphatic carbocycles. The fourth-order valence-corrected chi connectivity index (χ4v) is 3.16. The second kappa shape index (κ2) is 8.73. The Balaban J connectivity index is 1.54. The number of thioether (sulfide) groups is 1. The molecular formula is C19H19FN2O3S. The van der Waals surface area contributed by atoms with Crippen molar-refractivity contribution in [1.82, 2.24) is 9.55 Å². The lowest BCUT2D eigenvalue weighted by Gasteiger charge is -2.13. The van der Waals surface area contributed by atoms with Crippen molar-refractivity contribution in [3.05, 3.63) is 66.7 Å². The fraction of sp³-hybridized carbons (Fsp3) is 0.211. The largest absolute Gasteiger partial charge is 0.497 e. The average Bonchev–Trinajstić information content (AvgIpc) is 3.14. The van der Waals surface area contributed by atoms with Crippen LogP contribution in [0, 0.1) is 5.82 Å². The van der Waals surface area contributed by atoms with Crippen LogP contribution in [0.1, 0.15) is 0 Å². The van der Waals surface area contributed by atoms with Crippen molar-refractivity contribution >= 4 is 11.8 Å². The second-order valence-electron chi connectivity index (χ2n) is 5.51. The van der Waals surface area contributed by atoms with Gasteiger partial charge in [-0.25, -0.2) is 9.37 Å². The standard InChI is InChI=1S/C19H19FN2O3S/c1-24-17-8-4-15(5-9-17)22-11-10-21-19(22)26-13-16(23)12-25-18-6-2-14(20)3-7-18/h2-11,16,23H,12-13H2,1H3. The molecule has 1 atom stereocenters. The van der Waals surface area contributed by atoms with Gasteiger partial charge in [-0.15, -0.1) is 0 Å². The zero-order chi connectivity index (χ0) is 18.4. The summed E-state index contributed by atoms with van der Waals surface area (Å²) in [5.74, 6) is 1.42. The first-order valence-corrected chi connectivity index (χ1v) is 9.01. The maximum absolute atomic E-state index is 12.9. The molecule has 1 N–H and O–H groups in total. The molecule has 1 unspecified atom stereocenters. The summed E-state index contributed by atoms with van der Waals surface area (Å²) in [7, 11) is 1.63. The number of aliphatic hydroxyl groups is 1. The number of ether oxygens (including phenoxy) is 2. The van der Waals surface area contributed by atoms with Crippen LogP contribution in [0.3, 0.4) is 0 Å². The molecule has 0 fully saturated rings. The molecule has 1 aromatic heterocycles. The maximum atomic E-state index is 12.9. The molecule has 0 radical (unpaired) electrons. The number of benzene rings is 2. The number of aromatic nitrogens is 2. The van der Waals surface area contributed by atoms with Gasteiger partial charge in [-0.2, -0.15) is 0 Å². The zero-order valence-electron chi connectivity index (χ0n) is 14.2. The van der Waals surface area contributed by atoms with E-state index in [1.165, 1.54) is 36.0 Å². The minimum Gasteiger partial charge on any atom is -0.497 e. The quantitative estimate of drug-likeness (QED) is 0.611. The van der Waals surface area contributed by atoms with Gasteiger partial charge in [0.05, 0.1) is 13.2 Å². The molecule has 5 nitrogen and oxygen atoms in total. The Morgan fingerprint density at radius 1 is 1.12 bits per heavy atom. The summed E-state index contributed by atoms with van der Waals surface area (Å²) in [4.78, 5) is 4.34. The third-order valence-corrected chi connectivity index (χ3v) is 4.73. The summed E-state index contributed by atoms with van der Waals surface area (Å²) < 4.78 is 25.4. The predicted molar refractivity (Wildman–Crippen MR) is 98.7 cm³/mol. The van der Waals surface area contributed by atoms with Crippen LogP contribution in [-0.2, 0) is 0 Å². The Morgan fingerprint density at radius 2 is 1.81 bits per heavy atom. The molecule has 3 aromatic rings. The molecule has 136 valence electrons. The first-order valence-electron chi connectivity index (χ1n) is 8.02. The lowest BCUT2D eigenvalue weighted by molar-refractivity contribution is 0.126. The third kappa shape index (κ3) is 4.77. The summed E-state index contributed by atoms with van der Waals surface area (Å²) in [5.41, 5.74) is 0.961. The van der Waals surface area contributed by atoms with E-state index in [-0.39, 0.29) is 12.4 Å². The van der Waals surface area contributed by atoms with Gasteiger partial charge in [-0.3, -0.25) is 4.57 Å². The number of hydrogen-bond acceptors (Lipinski definition) is 5. The number of methoxy groups -OCH3 is 1. The summed E-state index contributed by atoms with van der Waals surface area (Å²) in [6.45, 7) is 0.127. The molecular weight excluding hydrogens is 355 g/mol. The molecule has 0 amide bonds. The molecule has 0 spiro atoms. The molecule has 1 heterocycles. The van der Waals surface area contributed by atoms with Crippen LogP contribution in [0.5, 0.6) is 11.5 Å². The van der Waals surface area contributed by atoms with Crippen LogP contribution in [0.15, 0.2) is 66.1 Å². The van der Waals surface area contributed by atoms with E-state index in [2.05, 4.69) is 4.98 Å². The van der Waals surface area contributed by atoms with Gasteiger partial charge in [-0.1, -0.05) is 11.8 Å². The van der Waals surface area contributed by atoms with Crippen molar-refractivity contribution in [2.45, 2.75) is 11.3 Å². The van der Waals surface area contributed by atoms with Crippen molar-refractivity contribution in [1.29, 1.82) is 0 Å². The average molecular weight is 374 g/mol. The van der Waals surface area contributed by atoms with Gasteiger partial charge in [0.15, 0.2) is 5.16 Å². The number of hydrogen-bond donors (Lipinski definition) is 1. The van der Waals surface area contributed by atoms with Crippen LogP contribution in [0.4, 0.5) is 4.39 Å². The smallest absolute Gasteiger partial charge is 0.172 e. The monoisotopic (exact) mass is 374 g/mol. The molecule has 7 heteroatoms. The van der Waals surface area contributed by atoms with E-state index in [9.17, 15) is 9.50 Å². The molecule has 0 bridgehead atoms. The van der Waals surface area contributed by atoms with Crippen molar-refractivity contribution in [3.63, 3.8) is 0 Å². The van der Waals surface area contributed by atoms with Gasteiger partial charge < -0.3 is 14.6 Å². The highest BCUT2D eigenvalue weighted by atomic mass is 32.2. The topological polar surface area (TPSA) is 56.5 Å². The Hall–Kier alpha value is -2.51. The highest BCUT2D eigenvalue weighted by molar-refractivity contribution is 7.99. The fourth-order valence-electron chi connectivity index (χ4n) is 2.28. The van der Waals surface area contributed by atoms with Crippen LogP contribution >= 0.6 is 11.8 Å². The summed E-state index contributed by atoms with van der Waals surface area (Å²) in [6.07, 6.45) is 2.91. The number of imidazole rings is 1. The van der Waals surface area contributed by atoms with Gasteiger partial charge in [-0.05, 0) is 48.5 Å². The van der Waals surface area contributed by atoms with Crippen molar-refractivity contribution in [2.75, 3.05) is 19.5 Å². The molecule has 0 aliphatic heterocycles. The maximum Gasteiger partial charge on any atom is 0.172 e. The van der Waals surface area contributed by atoms with E-state index in [4.69, 9.17) is 9.47 Å². The van der Waals surface area contributed by atoms with Crippen LogP contribution < -0.4 is 9.47 Å². The van der Waals surface area contributed by atoms with E-state index >= 15 is 0 Å². The van der Waals surface area contributed by atoms with Gasteiger partial charge in [0.2, 0.25) is 0 Å². The van der Waals surface area contributed by atoms with Gasteiger partial charge in [0.25, 0.3) is 0 Å². The lowest BCUT2D eigenvalue weighted by Crippen LogP contribution is -2.20. The zero-order valence-corrected chi connectivity index (χ0v) is 15.0. The summed E-state index contributed by atoms with van der Waals surface area (Å²) >= 11 is 1.43. The van der Waals surface area contributed by atoms with Crippen molar-refractivity contribution in [3.8, 4) is 17.2 Å². The Labute approximate surface area is 155 Å². The van der Waals surface area contributed by atoms with E-state index in [0.29, 0.717) is 11.5 Å². The van der Waals surface area contributed by atoms with E-state index < -0.39 is 6.10 Å². The molecule has 2 aromatic carbocycles. The molecule has 26 heavy (non-hydrogen) atoms. The van der Waals surface area contributed by atoms with E-state index in [1.807, 2.05) is 35.0 Å². The molecule has 0 saturated carbocycles. The highest BCUT2D eigenvalue weighted by Crippen LogP contribution is 2.23. The normalized spacial score (nSPS) is 12.0. The Bertz CT molecular complexity index is 822. The van der Waals surface area contributed by atoms with Crippen LogP contribution in [-0.4, -0.2) is 40.2 Å². The number of nitrogens with zero attached hydrogens (tertiary/aromatic N) is 2. The second-order valence-corrected chi connectivity index (χ2v) is 6.49. The first-order chi connectivity index (χ1) is 12.7. The van der Waals surface area contributed by atoms with Gasteiger partial charge in [0, 0.05) is 23.8 Å². The molecule has 0 aliphatic rings. The summed E-state index contributed by atoms with van der Waals surface area (Å²) in [5, 5.41) is 10.9. The van der Waals surface area contributed by atoms with Crippen molar-refractivity contribution < 1.29 is 19.0 Å². The Kier molecular flexibility index (Phi) is 6.14. The first kappa shape index (κ1) is 18.3. The third-order valence-electron chi connectivity index (χ3n) is 3.62. The SMILES string of the molecule is COc1ccc(-n2ccnc2SCC(O)COc2ccc(F)cc2)cc1. The van der Waals surface area contributed by atoms with Crippen LogP contribution in [0.25, 0.3) is 5.69 Å². The summed E-state index contributed by atoms with van der Waals surface area (Å²) in [6, 6.07) is 13.4. The highest BCUT2D eigenvalue weighted by Gasteiger charge is 2.11. The Morgan fingerprint density at radius 3 is 2.50 bits per heavy atom. The number of halogens is 1. The van der Waals surface area contributed by atoms with Gasteiger partial charge >= 0.3 is 0 Å². The predicted octanol–water partition coefficient (Wildman–Crippen LogP) is 3.55. The molecule has 0 saturated heterocycles. The van der Waals surface area contributed by atoms with Crippen molar-refractivity contribution in [2.24, 2.45) is 0 Å². The lowest BCUT2D eigenvalue weighted by atomic mass is 10.3. The number of aliphatic hydroxyl groups excluding tert-OH is 1. The number of rotatable bonds is 8. The molecule has 3 rings (SSSR count). The van der Waals surface area contributed by atoms with Gasteiger partial charge in [0.1, 0.15) is 23.9 Å². The minimum atomic E-state index is -0.675. The van der Waals surface area contributed by atoms with E-state index in [0.717, 1.165) is 16.6 Å². The van der Waals surface area contributed by atoms with Crippen LogP contribution in [0.2, 0.25) is 0 Å². The van der Waals surface area contributed by atoms with E-state index in [1.54, 1.807) is 13.3 Å².